The molecular weight excluding hydrogens is 280 g/mol. The molecule has 0 atom stereocenters. The van der Waals surface area contributed by atoms with Crippen LogP contribution in [-0.4, -0.2) is 23.0 Å². The first kappa shape index (κ1) is 14.1. The molecule has 0 aliphatic rings. The van der Waals surface area contributed by atoms with Crippen LogP contribution in [0.25, 0.3) is 4.96 Å². The summed E-state index contributed by atoms with van der Waals surface area (Å²) in [5, 5.41) is 5.48. The highest BCUT2D eigenvalue weighted by atomic mass is 32.1. The van der Waals surface area contributed by atoms with Gasteiger partial charge in [-0.05, 0) is 25.6 Å². The first-order valence-corrected chi connectivity index (χ1v) is 8.04. The van der Waals surface area contributed by atoms with Crippen LogP contribution in [0.5, 0.6) is 0 Å². The van der Waals surface area contributed by atoms with E-state index in [0.717, 1.165) is 29.6 Å². The molecule has 0 saturated carbocycles. The third-order valence-corrected chi connectivity index (χ3v) is 4.38. The van der Waals surface area contributed by atoms with Gasteiger partial charge in [0, 0.05) is 30.9 Å². The topological polar surface area (TPSA) is 32.6 Å². The highest BCUT2D eigenvalue weighted by molar-refractivity contribution is 7.15. The highest BCUT2D eigenvalue weighted by Gasteiger charge is 2.17. The molecule has 0 aliphatic heterocycles. The average molecular weight is 300 g/mol. The van der Waals surface area contributed by atoms with Gasteiger partial charge in [0.25, 0.3) is 0 Å². The third-order valence-electron chi connectivity index (χ3n) is 3.62. The van der Waals surface area contributed by atoms with Crippen molar-refractivity contribution in [2.24, 2.45) is 0 Å². The predicted octanol–water partition coefficient (Wildman–Crippen LogP) is 3.58. The Morgan fingerprint density at radius 1 is 1.29 bits per heavy atom. The summed E-state index contributed by atoms with van der Waals surface area (Å²) in [6.07, 6.45) is 2.09. The average Bonchev–Trinajstić information content (AvgIpc) is 3.06. The monoisotopic (exact) mass is 300 g/mol. The number of aromatic nitrogens is 2. The molecule has 0 saturated heterocycles. The van der Waals surface area contributed by atoms with Crippen molar-refractivity contribution in [2.75, 3.05) is 18.5 Å². The molecule has 5 heteroatoms. The number of hydrogen-bond donors (Lipinski definition) is 1. The highest BCUT2D eigenvalue weighted by Crippen LogP contribution is 2.29. The van der Waals surface area contributed by atoms with E-state index in [-0.39, 0.29) is 0 Å². The molecule has 1 N–H and O–H groups in total. The van der Waals surface area contributed by atoms with Gasteiger partial charge in [-0.3, -0.25) is 4.40 Å². The van der Waals surface area contributed by atoms with Crippen LogP contribution in [0.15, 0.2) is 35.8 Å². The van der Waals surface area contributed by atoms with Gasteiger partial charge in [0.15, 0.2) is 10.8 Å². The molecule has 21 heavy (non-hydrogen) atoms. The van der Waals surface area contributed by atoms with Gasteiger partial charge in [-0.15, -0.1) is 11.3 Å². The Morgan fingerprint density at radius 3 is 2.76 bits per heavy atom. The van der Waals surface area contributed by atoms with Crippen LogP contribution in [0.4, 0.5) is 11.5 Å². The van der Waals surface area contributed by atoms with Gasteiger partial charge >= 0.3 is 0 Å². The van der Waals surface area contributed by atoms with Gasteiger partial charge in [-0.1, -0.05) is 24.6 Å². The Bertz CT molecular complexity index is 726. The zero-order valence-electron chi connectivity index (χ0n) is 12.6. The van der Waals surface area contributed by atoms with Crippen molar-refractivity contribution in [1.29, 1.82) is 0 Å². The van der Waals surface area contributed by atoms with Crippen LogP contribution in [-0.2, 0) is 6.54 Å². The van der Waals surface area contributed by atoms with E-state index in [4.69, 9.17) is 4.98 Å². The molecule has 2 heterocycles. The summed E-state index contributed by atoms with van der Waals surface area (Å²) in [6.45, 7) is 5.99. The van der Waals surface area contributed by atoms with Gasteiger partial charge in [0.2, 0.25) is 0 Å². The van der Waals surface area contributed by atoms with E-state index in [1.165, 1.54) is 11.3 Å². The number of benzene rings is 1. The Morgan fingerprint density at radius 2 is 2.05 bits per heavy atom. The van der Waals surface area contributed by atoms with Crippen LogP contribution < -0.4 is 10.2 Å². The van der Waals surface area contributed by atoms with E-state index in [2.05, 4.69) is 71.4 Å². The summed E-state index contributed by atoms with van der Waals surface area (Å²) in [5.74, 6) is 1.02. The molecule has 0 amide bonds. The normalized spacial score (nSPS) is 11.2. The van der Waals surface area contributed by atoms with Crippen molar-refractivity contribution in [3.63, 3.8) is 0 Å². The summed E-state index contributed by atoms with van der Waals surface area (Å²) >= 11 is 1.67. The van der Waals surface area contributed by atoms with Crippen molar-refractivity contribution in [2.45, 2.75) is 20.4 Å². The second kappa shape index (κ2) is 5.87. The molecule has 0 bridgehead atoms. The zero-order valence-corrected chi connectivity index (χ0v) is 13.4. The van der Waals surface area contributed by atoms with Gasteiger partial charge < -0.3 is 10.2 Å². The summed E-state index contributed by atoms with van der Waals surface area (Å²) in [5.41, 5.74) is 3.63. The second-order valence-electron chi connectivity index (χ2n) is 5.11. The van der Waals surface area contributed by atoms with Gasteiger partial charge in [-0.25, -0.2) is 4.98 Å². The first-order valence-electron chi connectivity index (χ1n) is 7.16. The molecule has 1 aromatic carbocycles. The Hall–Kier alpha value is -1.85. The lowest BCUT2D eigenvalue weighted by molar-refractivity contribution is 0.706. The van der Waals surface area contributed by atoms with Gasteiger partial charge in [0.05, 0.1) is 5.69 Å². The number of anilines is 2. The predicted molar refractivity (Wildman–Crippen MR) is 89.7 cm³/mol. The molecule has 0 spiro atoms. The summed E-state index contributed by atoms with van der Waals surface area (Å²) in [7, 11) is 2.08. The van der Waals surface area contributed by atoms with E-state index in [1.807, 2.05) is 0 Å². The van der Waals surface area contributed by atoms with Crippen molar-refractivity contribution in [3.8, 4) is 0 Å². The lowest BCUT2D eigenvalue weighted by Gasteiger charge is -2.19. The Labute approximate surface area is 129 Å². The van der Waals surface area contributed by atoms with E-state index in [1.54, 1.807) is 11.3 Å². The Kier molecular flexibility index (Phi) is 3.94. The number of thiazole rings is 1. The molecule has 2 aromatic heterocycles. The van der Waals surface area contributed by atoms with Crippen molar-refractivity contribution in [3.05, 3.63) is 47.1 Å². The van der Waals surface area contributed by atoms with Crippen molar-refractivity contribution < 1.29 is 0 Å². The van der Waals surface area contributed by atoms with Crippen LogP contribution in [0.1, 0.15) is 18.2 Å². The fraction of sp³-hybridized carbons (Fsp3) is 0.312. The molecule has 0 fully saturated rings. The molecule has 3 rings (SSSR count). The Balaban J connectivity index is 2.01. The molecule has 0 aliphatic carbocycles. The van der Waals surface area contributed by atoms with E-state index in [9.17, 15) is 0 Å². The molecular formula is C16H20N4S. The second-order valence-corrected chi connectivity index (χ2v) is 5.99. The molecule has 4 nitrogen and oxygen atoms in total. The number of nitrogens with zero attached hydrogens (tertiary/aromatic N) is 3. The maximum absolute atomic E-state index is 4.79. The number of hydrogen-bond acceptors (Lipinski definition) is 4. The quantitative estimate of drug-likeness (QED) is 0.781. The number of rotatable bonds is 5. The van der Waals surface area contributed by atoms with Gasteiger partial charge in [0.1, 0.15) is 0 Å². The summed E-state index contributed by atoms with van der Waals surface area (Å²) in [4.78, 5) is 7.99. The third kappa shape index (κ3) is 2.66. The smallest absolute Gasteiger partial charge is 0.195 e. The standard InChI is InChI=1S/C16H20N4S/c1-4-17-11-14-15(18-16-20(14)9-10-21-16)19(3)13-7-5-12(2)6-8-13/h5-10,17H,4,11H2,1-3H3. The number of aryl methyl sites for hydroxylation is 1. The largest absolute Gasteiger partial charge is 0.328 e. The zero-order chi connectivity index (χ0) is 14.8. The van der Waals surface area contributed by atoms with Crippen molar-refractivity contribution >= 4 is 27.8 Å². The minimum absolute atomic E-state index is 0.819. The lowest BCUT2D eigenvalue weighted by atomic mass is 10.2. The number of nitrogens with one attached hydrogen (secondary N) is 1. The van der Waals surface area contributed by atoms with Crippen LogP contribution >= 0.6 is 11.3 Å². The molecule has 110 valence electrons. The minimum atomic E-state index is 0.819. The summed E-state index contributed by atoms with van der Waals surface area (Å²) < 4.78 is 2.17. The molecule has 3 aromatic rings. The minimum Gasteiger partial charge on any atom is -0.328 e. The molecule has 0 radical (unpaired) electrons. The maximum atomic E-state index is 4.79. The van der Waals surface area contributed by atoms with E-state index in [0.29, 0.717) is 0 Å². The SMILES string of the molecule is CCNCc1c(N(C)c2ccc(C)cc2)nc2sccn12. The summed E-state index contributed by atoms with van der Waals surface area (Å²) in [6, 6.07) is 8.54. The van der Waals surface area contributed by atoms with Crippen LogP contribution in [0.2, 0.25) is 0 Å². The fourth-order valence-electron chi connectivity index (χ4n) is 2.39. The molecule has 0 unspecified atom stereocenters. The lowest BCUT2D eigenvalue weighted by Crippen LogP contribution is -2.18. The van der Waals surface area contributed by atoms with Crippen LogP contribution in [0.3, 0.4) is 0 Å². The number of imidazole rings is 1. The van der Waals surface area contributed by atoms with E-state index >= 15 is 0 Å². The maximum Gasteiger partial charge on any atom is 0.195 e. The van der Waals surface area contributed by atoms with Crippen molar-refractivity contribution in [1.82, 2.24) is 14.7 Å². The first-order chi connectivity index (χ1) is 10.2. The van der Waals surface area contributed by atoms with Crippen LogP contribution in [0, 0.1) is 6.92 Å². The fourth-order valence-corrected chi connectivity index (χ4v) is 3.12. The van der Waals surface area contributed by atoms with Gasteiger partial charge in [-0.2, -0.15) is 0 Å². The number of fused-ring (bicyclic) bond motifs is 1. The van der Waals surface area contributed by atoms with E-state index < -0.39 is 0 Å².